The van der Waals surface area contributed by atoms with Crippen LogP contribution in [0.15, 0.2) is 30.5 Å². The maximum absolute atomic E-state index is 11.7. The standard InChI is InChI=1S/C11H8N4O/c16-11-9(5-7-6-12-15-14-7)8-3-1-2-4-10(8)13-11/h1-6H,(H,13,16)(H,12,14,15)/b9-5-. The molecule has 1 aliphatic rings. The average Bonchev–Trinajstić information content (AvgIpc) is 2.89. The lowest BCUT2D eigenvalue weighted by Gasteiger charge is -1.95. The van der Waals surface area contributed by atoms with E-state index in [0.717, 1.165) is 11.3 Å². The molecule has 0 aliphatic carbocycles. The number of H-pyrrole nitrogens is 1. The van der Waals surface area contributed by atoms with E-state index in [4.69, 9.17) is 0 Å². The van der Waals surface area contributed by atoms with Gasteiger partial charge in [-0.25, -0.2) is 0 Å². The Balaban J connectivity index is 2.12. The first-order valence-electron chi connectivity index (χ1n) is 4.83. The molecule has 1 aromatic carbocycles. The lowest BCUT2D eigenvalue weighted by atomic mass is 10.1. The molecule has 0 saturated carbocycles. The molecule has 1 aliphatic heterocycles. The zero-order valence-electron chi connectivity index (χ0n) is 8.27. The Kier molecular flexibility index (Phi) is 1.83. The molecule has 0 bridgehead atoms. The second-order valence-corrected chi connectivity index (χ2v) is 3.45. The maximum Gasteiger partial charge on any atom is 0.256 e. The Morgan fingerprint density at radius 1 is 1.25 bits per heavy atom. The average molecular weight is 212 g/mol. The van der Waals surface area contributed by atoms with Crippen molar-refractivity contribution in [3.63, 3.8) is 0 Å². The summed E-state index contributed by atoms with van der Waals surface area (Å²) < 4.78 is 0. The van der Waals surface area contributed by atoms with Crippen LogP contribution >= 0.6 is 0 Å². The lowest BCUT2D eigenvalue weighted by molar-refractivity contribution is -0.110. The van der Waals surface area contributed by atoms with Gasteiger partial charge in [-0.05, 0) is 12.1 Å². The molecule has 0 radical (unpaired) electrons. The molecule has 16 heavy (non-hydrogen) atoms. The summed E-state index contributed by atoms with van der Waals surface area (Å²) in [7, 11) is 0. The van der Waals surface area contributed by atoms with E-state index in [2.05, 4.69) is 20.7 Å². The van der Waals surface area contributed by atoms with Crippen molar-refractivity contribution in [3.8, 4) is 0 Å². The highest BCUT2D eigenvalue weighted by Gasteiger charge is 2.23. The Morgan fingerprint density at radius 3 is 2.94 bits per heavy atom. The van der Waals surface area contributed by atoms with E-state index < -0.39 is 0 Å². The van der Waals surface area contributed by atoms with Crippen LogP contribution in [0.3, 0.4) is 0 Å². The van der Waals surface area contributed by atoms with Gasteiger partial charge in [0.1, 0.15) is 5.69 Å². The highest BCUT2D eigenvalue weighted by molar-refractivity contribution is 6.34. The number of nitrogens with zero attached hydrogens (tertiary/aromatic N) is 2. The van der Waals surface area contributed by atoms with Crippen LogP contribution in [0.5, 0.6) is 0 Å². The van der Waals surface area contributed by atoms with Crippen LogP contribution in [-0.2, 0) is 4.79 Å². The summed E-state index contributed by atoms with van der Waals surface area (Å²) in [5.41, 5.74) is 2.99. The summed E-state index contributed by atoms with van der Waals surface area (Å²) >= 11 is 0. The van der Waals surface area contributed by atoms with E-state index in [1.165, 1.54) is 0 Å². The van der Waals surface area contributed by atoms with Crippen LogP contribution in [0.2, 0.25) is 0 Å². The highest BCUT2D eigenvalue weighted by Crippen LogP contribution is 2.32. The quantitative estimate of drug-likeness (QED) is 0.700. The van der Waals surface area contributed by atoms with Crippen molar-refractivity contribution >= 4 is 23.2 Å². The molecule has 5 nitrogen and oxygen atoms in total. The Hall–Kier alpha value is -2.43. The van der Waals surface area contributed by atoms with E-state index in [0.29, 0.717) is 11.3 Å². The minimum atomic E-state index is -0.107. The second kappa shape index (κ2) is 3.30. The predicted molar refractivity (Wildman–Crippen MR) is 59.3 cm³/mol. The van der Waals surface area contributed by atoms with Crippen LogP contribution in [0.1, 0.15) is 11.3 Å². The van der Waals surface area contributed by atoms with Gasteiger partial charge in [0.15, 0.2) is 0 Å². The summed E-state index contributed by atoms with van der Waals surface area (Å²) in [6.07, 6.45) is 3.28. The van der Waals surface area contributed by atoms with Gasteiger partial charge in [0, 0.05) is 11.3 Å². The fourth-order valence-electron chi connectivity index (χ4n) is 1.71. The molecule has 1 aromatic heterocycles. The van der Waals surface area contributed by atoms with Gasteiger partial charge in [-0.3, -0.25) is 4.79 Å². The molecule has 1 amide bonds. The molecule has 2 heterocycles. The van der Waals surface area contributed by atoms with Gasteiger partial charge in [-0.2, -0.15) is 15.4 Å². The molecule has 0 fully saturated rings. The zero-order valence-corrected chi connectivity index (χ0v) is 8.27. The predicted octanol–water partition coefficient (Wildman–Crippen LogP) is 1.30. The molecule has 2 aromatic rings. The van der Waals surface area contributed by atoms with E-state index >= 15 is 0 Å². The second-order valence-electron chi connectivity index (χ2n) is 3.45. The van der Waals surface area contributed by atoms with E-state index in [-0.39, 0.29) is 5.91 Å². The van der Waals surface area contributed by atoms with Crippen molar-refractivity contribution in [1.29, 1.82) is 0 Å². The van der Waals surface area contributed by atoms with Crippen molar-refractivity contribution in [3.05, 3.63) is 41.7 Å². The minimum Gasteiger partial charge on any atom is -0.321 e. The SMILES string of the molecule is O=C1Nc2ccccc2/C1=C/c1cn[nH]n1. The smallest absolute Gasteiger partial charge is 0.256 e. The van der Waals surface area contributed by atoms with Gasteiger partial charge < -0.3 is 5.32 Å². The monoisotopic (exact) mass is 212 g/mol. The number of fused-ring (bicyclic) bond motifs is 1. The first kappa shape index (κ1) is 8.84. The van der Waals surface area contributed by atoms with Crippen molar-refractivity contribution in [2.24, 2.45) is 0 Å². The molecule has 78 valence electrons. The zero-order chi connectivity index (χ0) is 11.0. The Morgan fingerprint density at radius 2 is 2.12 bits per heavy atom. The first-order valence-corrected chi connectivity index (χ1v) is 4.83. The number of amides is 1. The molecule has 3 rings (SSSR count). The number of rotatable bonds is 1. The Bertz CT molecular complexity index is 571. The number of carbonyl (C=O) groups excluding carboxylic acids is 1. The number of benzene rings is 1. The summed E-state index contributed by atoms with van der Waals surface area (Å²) in [6.45, 7) is 0. The van der Waals surface area contributed by atoms with Gasteiger partial charge in [0.25, 0.3) is 5.91 Å². The number of aromatic amines is 1. The van der Waals surface area contributed by atoms with Crippen LogP contribution in [0.25, 0.3) is 11.6 Å². The van der Waals surface area contributed by atoms with Crippen molar-refractivity contribution < 1.29 is 4.79 Å². The molecular formula is C11H8N4O. The fraction of sp³-hybridized carbons (Fsp3) is 0. The molecule has 5 heteroatoms. The fourth-order valence-corrected chi connectivity index (χ4v) is 1.71. The van der Waals surface area contributed by atoms with Gasteiger partial charge in [0.2, 0.25) is 0 Å². The van der Waals surface area contributed by atoms with Crippen LogP contribution in [0, 0.1) is 0 Å². The van der Waals surface area contributed by atoms with Gasteiger partial charge in [-0.15, -0.1) is 0 Å². The molecule has 0 spiro atoms. The Labute approximate surface area is 91.2 Å². The van der Waals surface area contributed by atoms with E-state index in [1.54, 1.807) is 12.3 Å². The third-order valence-electron chi connectivity index (χ3n) is 2.44. The summed E-state index contributed by atoms with van der Waals surface area (Å²) in [5, 5.41) is 12.9. The number of nitrogens with one attached hydrogen (secondary N) is 2. The molecule has 0 unspecified atom stereocenters. The lowest BCUT2D eigenvalue weighted by Crippen LogP contribution is -2.03. The largest absolute Gasteiger partial charge is 0.321 e. The van der Waals surface area contributed by atoms with Crippen molar-refractivity contribution in [2.75, 3.05) is 5.32 Å². The summed E-state index contributed by atoms with van der Waals surface area (Å²) in [5.74, 6) is -0.107. The number of anilines is 1. The van der Waals surface area contributed by atoms with Gasteiger partial charge in [0.05, 0.1) is 11.8 Å². The maximum atomic E-state index is 11.7. The minimum absolute atomic E-state index is 0.107. The number of aromatic nitrogens is 3. The number of para-hydroxylation sites is 1. The topological polar surface area (TPSA) is 70.7 Å². The number of hydrogen-bond donors (Lipinski definition) is 2. The third kappa shape index (κ3) is 1.30. The van der Waals surface area contributed by atoms with Crippen LogP contribution in [-0.4, -0.2) is 21.3 Å². The molecule has 0 saturated heterocycles. The van der Waals surface area contributed by atoms with Crippen LogP contribution in [0.4, 0.5) is 5.69 Å². The molecular weight excluding hydrogens is 204 g/mol. The third-order valence-corrected chi connectivity index (χ3v) is 2.44. The number of hydrogen-bond acceptors (Lipinski definition) is 3. The summed E-state index contributed by atoms with van der Waals surface area (Å²) in [6, 6.07) is 7.56. The normalized spacial score (nSPS) is 16.2. The molecule has 0 atom stereocenters. The van der Waals surface area contributed by atoms with Crippen LogP contribution < -0.4 is 5.32 Å². The first-order chi connectivity index (χ1) is 7.84. The van der Waals surface area contributed by atoms with Crippen molar-refractivity contribution in [1.82, 2.24) is 15.4 Å². The number of carbonyl (C=O) groups is 1. The van der Waals surface area contributed by atoms with Gasteiger partial charge in [-0.1, -0.05) is 18.2 Å². The van der Waals surface area contributed by atoms with Crippen molar-refractivity contribution in [2.45, 2.75) is 0 Å². The van der Waals surface area contributed by atoms with E-state index in [1.807, 2.05) is 24.3 Å². The van der Waals surface area contributed by atoms with Gasteiger partial charge >= 0.3 is 0 Å². The highest BCUT2D eigenvalue weighted by atomic mass is 16.2. The van der Waals surface area contributed by atoms with E-state index in [9.17, 15) is 4.79 Å². The summed E-state index contributed by atoms with van der Waals surface area (Å²) in [4.78, 5) is 11.7. The molecule has 2 N–H and O–H groups in total.